The number of carbonyl (C=O) groups excluding carboxylic acids is 3. The third kappa shape index (κ3) is 4.52. The number of hydrogen-bond donors (Lipinski definition) is 2. The summed E-state index contributed by atoms with van der Waals surface area (Å²) in [5.74, 6) is -2.53. The number of hydrogen-bond acceptors (Lipinski definition) is 3. The molecule has 2 unspecified atom stereocenters. The van der Waals surface area contributed by atoms with Gasteiger partial charge in [0.15, 0.2) is 0 Å². The van der Waals surface area contributed by atoms with E-state index in [0.29, 0.717) is 35.3 Å². The van der Waals surface area contributed by atoms with Crippen molar-refractivity contribution in [2.45, 2.75) is 58.7 Å². The fourth-order valence-electron chi connectivity index (χ4n) is 4.14. The molecule has 1 heterocycles. The summed E-state index contributed by atoms with van der Waals surface area (Å²) in [5.41, 5.74) is 2.02. The first-order chi connectivity index (χ1) is 14.6. The SMILES string of the molecule is Cc1cc(NC(=O)c2c(C)c(C(=O)C(=O)NC3CCCCC3F)n(C)c2C)ccc1F. The number of amides is 2. The highest BCUT2D eigenvalue weighted by Crippen LogP contribution is 2.25. The molecule has 0 radical (unpaired) electrons. The van der Waals surface area contributed by atoms with Gasteiger partial charge in [-0.05, 0) is 62.9 Å². The van der Waals surface area contributed by atoms with Crippen LogP contribution in [0.5, 0.6) is 0 Å². The van der Waals surface area contributed by atoms with Crippen LogP contribution in [0.1, 0.15) is 63.4 Å². The second kappa shape index (κ2) is 8.99. The molecule has 0 aliphatic heterocycles. The van der Waals surface area contributed by atoms with E-state index in [1.807, 2.05) is 0 Å². The molecule has 31 heavy (non-hydrogen) atoms. The summed E-state index contributed by atoms with van der Waals surface area (Å²) in [6.07, 6.45) is 1.27. The summed E-state index contributed by atoms with van der Waals surface area (Å²) in [7, 11) is 1.60. The number of aromatic nitrogens is 1. The summed E-state index contributed by atoms with van der Waals surface area (Å²) in [5, 5.41) is 5.23. The smallest absolute Gasteiger partial charge is 0.294 e. The zero-order valence-corrected chi connectivity index (χ0v) is 18.1. The maximum Gasteiger partial charge on any atom is 0.294 e. The molecule has 1 aliphatic rings. The van der Waals surface area contributed by atoms with Gasteiger partial charge in [-0.3, -0.25) is 14.4 Å². The van der Waals surface area contributed by atoms with Crippen LogP contribution in [0.25, 0.3) is 0 Å². The number of nitrogens with one attached hydrogen (secondary N) is 2. The molecule has 0 bridgehead atoms. The summed E-state index contributed by atoms with van der Waals surface area (Å²) in [6.45, 7) is 4.86. The number of carbonyl (C=O) groups is 3. The Labute approximate surface area is 180 Å². The van der Waals surface area contributed by atoms with E-state index in [0.717, 1.165) is 12.8 Å². The molecule has 1 fully saturated rings. The van der Waals surface area contributed by atoms with Crippen molar-refractivity contribution in [2.24, 2.45) is 7.05 Å². The summed E-state index contributed by atoms with van der Waals surface area (Å²) in [4.78, 5) is 38.3. The highest BCUT2D eigenvalue weighted by Gasteiger charge is 2.32. The zero-order valence-electron chi connectivity index (χ0n) is 18.1. The van der Waals surface area contributed by atoms with Gasteiger partial charge < -0.3 is 15.2 Å². The summed E-state index contributed by atoms with van der Waals surface area (Å²) < 4.78 is 29.0. The fourth-order valence-corrected chi connectivity index (χ4v) is 4.14. The van der Waals surface area contributed by atoms with Crippen LogP contribution in [0, 0.1) is 26.6 Å². The predicted octanol–water partition coefficient (Wildman–Crippen LogP) is 3.92. The maximum absolute atomic E-state index is 14.1. The molecule has 2 amide bonds. The molecule has 8 heteroatoms. The van der Waals surface area contributed by atoms with Crippen LogP contribution in [0.2, 0.25) is 0 Å². The lowest BCUT2D eigenvalue weighted by Gasteiger charge is -2.26. The Balaban J connectivity index is 1.83. The topological polar surface area (TPSA) is 80.2 Å². The number of nitrogens with zero attached hydrogens (tertiary/aromatic N) is 1. The Kier molecular flexibility index (Phi) is 6.57. The van der Waals surface area contributed by atoms with Gasteiger partial charge in [-0.25, -0.2) is 8.78 Å². The quantitative estimate of drug-likeness (QED) is 0.556. The first-order valence-corrected chi connectivity index (χ1v) is 10.3. The van der Waals surface area contributed by atoms with Crippen LogP contribution >= 0.6 is 0 Å². The lowest BCUT2D eigenvalue weighted by molar-refractivity contribution is -0.118. The van der Waals surface area contributed by atoms with Gasteiger partial charge >= 0.3 is 0 Å². The van der Waals surface area contributed by atoms with E-state index in [2.05, 4.69) is 10.6 Å². The van der Waals surface area contributed by atoms with E-state index in [4.69, 9.17) is 0 Å². The lowest BCUT2D eigenvalue weighted by Crippen LogP contribution is -2.46. The Morgan fingerprint density at radius 3 is 2.42 bits per heavy atom. The van der Waals surface area contributed by atoms with Crippen LogP contribution in [0.15, 0.2) is 18.2 Å². The van der Waals surface area contributed by atoms with Crippen molar-refractivity contribution < 1.29 is 23.2 Å². The van der Waals surface area contributed by atoms with E-state index < -0.39 is 29.8 Å². The molecule has 1 aromatic heterocycles. The molecular formula is C23H27F2N3O3. The number of Topliss-reactive ketones (excluding diaryl/α,β-unsaturated/α-hetero) is 1. The van der Waals surface area contributed by atoms with Crippen LogP contribution in [-0.2, 0) is 11.8 Å². The minimum absolute atomic E-state index is 0.0849. The zero-order chi connectivity index (χ0) is 22.9. The molecule has 166 valence electrons. The lowest BCUT2D eigenvalue weighted by atomic mass is 9.93. The van der Waals surface area contributed by atoms with Crippen molar-refractivity contribution in [1.29, 1.82) is 0 Å². The van der Waals surface area contributed by atoms with E-state index in [-0.39, 0.29) is 17.1 Å². The maximum atomic E-state index is 14.1. The van der Waals surface area contributed by atoms with Crippen LogP contribution in [0.4, 0.5) is 14.5 Å². The highest BCUT2D eigenvalue weighted by atomic mass is 19.1. The minimum Gasteiger partial charge on any atom is -0.344 e. The van der Waals surface area contributed by atoms with Gasteiger partial charge in [-0.1, -0.05) is 12.8 Å². The van der Waals surface area contributed by atoms with Crippen LogP contribution < -0.4 is 10.6 Å². The van der Waals surface area contributed by atoms with Gasteiger partial charge in [0, 0.05) is 18.4 Å². The van der Waals surface area contributed by atoms with E-state index in [9.17, 15) is 23.2 Å². The number of rotatable bonds is 5. The Morgan fingerprint density at radius 2 is 1.77 bits per heavy atom. The molecular weight excluding hydrogens is 404 g/mol. The number of anilines is 1. The van der Waals surface area contributed by atoms with Crippen molar-refractivity contribution in [3.8, 4) is 0 Å². The van der Waals surface area contributed by atoms with Crippen molar-refractivity contribution >= 4 is 23.3 Å². The first-order valence-electron chi connectivity index (χ1n) is 10.3. The van der Waals surface area contributed by atoms with E-state index in [1.54, 1.807) is 27.8 Å². The van der Waals surface area contributed by atoms with Crippen molar-refractivity contribution in [2.75, 3.05) is 5.32 Å². The van der Waals surface area contributed by atoms with Gasteiger partial charge in [0.25, 0.3) is 17.6 Å². The first kappa shape index (κ1) is 22.7. The predicted molar refractivity (Wildman–Crippen MR) is 114 cm³/mol. The van der Waals surface area contributed by atoms with Crippen LogP contribution in [-0.4, -0.2) is 34.4 Å². The van der Waals surface area contributed by atoms with Gasteiger partial charge in [-0.15, -0.1) is 0 Å². The van der Waals surface area contributed by atoms with Gasteiger partial charge in [0.2, 0.25) is 0 Å². The molecule has 6 nitrogen and oxygen atoms in total. The summed E-state index contributed by atoms with van der Waals surface area (Å²) in [6, 6.07) is 3.55. The molecule has 2 N–H and O–H groups in total. The number of aryl methyl sites for hydroxylation is 1. The van der Waals surface area contributed by atoms with Crippen molar-refractivity contribution in [3.63, 3.8) is 0 Å². The van der Waals surface area contributed by atoms with Crippen molar-refractivity contribution in [3.05, 3.63) is 52.1 Å². The Hall–Kier alpha value is -3.03. The average Bonchev–Trinajstić information content (AvgIpc) is 2.94. The van der Waals surface area contributed by atoms with Crippen molar-refractivity contribution in [1.82, 2.24) is 9.88 Å². The van der Waals surface area contributed by atoms with Gasteiger partial charge in [0.1, 0.15) is 12.0 Å². The monoisotopic (exact) mass is 431 g/mol. The second-order valence-electron chi connectivity index (χ2n) is 8.12. The normalized spacial score (nSPS) is 18.5. The average molecular weight is 431 g/mol. The molecule has 0 saturated heterocycles. The molecule has 0 spiro atoms. The Bertz CT molecular complexity index is 1050. The second-order valence-corrected chi connectivity index (χ2v) is 8.12. The molecule has 2 aromatic rings. The molecule has 1 aliphatic carbocycles. The number of ketones is 1. The van der Waals surface area contributed by atoms with E-state index >= 15 is 0 Å². The third-order valence-corrected chi connectivity index (χ3v) is 5.99. The fraction of sp³-hybridized carbons (Fsp3) is 0.435. The van der Waals surface area contributed by atoms with Crippen LogP contribution in [0.3, 0.4) is 0 Å². The molecule has 2 atom stereocenters. The van der Waals surface area contributed by atoms with Gasteiger partial charge in [-0.2, -0.15) is 0 Å². The number of halogens is 2. The molecule has 3 rings (SSSR count). The largest absolute Gasteiger partial charge is 0.344 e. The standard InChI is InChI=1S/C23H27F2N3O3/c1-12-11-15(9-10-16(12)24)26-22(30)19-13(2)20(28(4)14(19)3)21(29)23(31)27-18-8-6-5-7-17(18)25/h9-11,17-18H,5-8H2,1-4H3,(H,26,30)(H,27,31). The number of alkyl halides is 1. The summed E-state index contributed by atoms with van der Waals surface area (Å²) >= 11 is 0. The van der Waals surface area contributed by atoms with Gasteiger partial charge in [0.05, 0.1) is 17.3 Å². The minimum atomic E-state index is -1.16. The highest BCUT2D eigenvalue weighted by molar-refractivity contribution is 6.43. The third-order valence-electron chi connectivity index (χ3n) is 5.99. The van der Waals surface area contributed by atoms with E-state index in [1.165, 1.54) is 22.8 Å². The number of benzene rings is 1. The molecule has 1 aromatic carbocycles. The Morgan fingerprint density at radius 1 is 1.10 bits per heavy atom. The molecule has 1 saturated carbocycles.